The van der Waals surface area contributed by atoms with Crippen LogP contribution in [0.1, 0.15) is 30.9 Å². The fourth-order valence-electron chi connectivity index (χ4n) is 2.89. The Morgan fingerprint density at radius 3 is 2.89 bits per heavy atom. The van der Waals surface area contributed by atoms with Gasteiger partial charge in [-0.25, -0.2) is 18.6 Å². The van der Waals surface area contributed by atoms with E-state index in [0.29, 0.717) is 28.9 Å². The van der Waals surface area contributed by atoms with Crippen LogP contribution in [-0.2, 0) is 6.42 Å². The van der Waals surface area contributed by atoms with Crippen LogP contribution in [0.15, 0.2) is 30.6 Å². The minimum atomic E-state index is -0.796. The van der Waals surface area contributed by atoms with E-state index in [1.165, 1.54) is 13.2 Å². The fraction of sp³-hybridized carbons (Fsp3) is 0.300. The van der Waals surface area contributed by atoms with E-state index in [2.05, 4.69) is 20.6 Å². The Labute approximate surface area is 161 Å². The van der Waals surface area contributed by atoms with Gasteiger partial charge < -0.3 is 20.4 Å². The number of carbonyl (C=O) groups excluding carboxylic acids is 1. The fourth-order valence-corrected chi connectivity index (χ4v) is 2.89. The van der Waals surface area contributed by atoms with Gasteiger partial charge in [0.1, 0.15) is 17.2 Å². The summed E-state index contributed by atoms with van der Waals surface area (Å²) in [5, 5.41) is 5.79. The SMILES string of the molecule is CCCCNC(=O)Nc1ccc(F)c(Cc2c[nH]c3ncc(OC)cc23)c1F. The van der Waals surface area contributed by atoms with E-state index in [9.17, 15) is 13.6 Å². The smallest absolute Gasteiger partial charge is 0.319 e. The van der Waals surface area contributed by atoms with E-state index in [-0.39, 0.29) is 17.7 Å². The van der Waals surface area contributed by atoms with Crippen molar-refractivity contribution in [3.8, 4) is 5.75 Å². The molecule has 1 aromatic carbocycles. The predicted octanol–water partition coefficient (Wildman–Crippen LogP) is 4.36. The van der Waals surface area contributed by atoms with Crippen molar-refractivity contribution in [1.29, 1.82) is 0 Å². The van der Waals surface area contributed by atoms with Gasteiger partial charge in [0.05, 0.1) is 19.0 Å². The molecule has 0 fully saturated rings. The summed E-state index contributed by atoms with van der Waals surface area (Å²) in [6.07, 6.45) is 4.97. The number of unbranched alkanes of at least 4 members (excludes halogenated alkanes) is 1. The highest BCUT2D eigenvalue weighted by Crippen LogP contribution is 2.28. The summed E-state index contributed by atoms with van der Waals surface area (Å²) in [6.45, 7) is 2.49. The molecule has 2 amide bonds. The van der Waals surface area contributed by atoms with Crippen LogP contribution in [0.2, 0.25) is 0 Å². The van der Waals surface area contributed by atoms with Crippen molar-refractivity contribution in [3.63, 3.8) is 0 Å². The molecule has 0 bridgehead atoms. The van der Waals surface area contributed by atoms with Gasteiger partial charge in [-0.2, -0.15) is 0 Å². The van der Waals surface area contributed by atoms with E-state index < -0.39 is 17.7 Å². The maximum atomic E-state index is 14.9. The lowest BCUT2D eigenvalue weighted by Crippen LogP contribution is -2.30. The van der Waals surface area contributed by atoms with Crippen LogP contribution in [0.25, 0.3) is 11.0 Å². The molecule has 3 rings (SSSR count). The number of aromatic amines is 1. The average molecular weight is 388 g/mol. The number of hydrogen-bond donors (Lipinski definition) is 3. The second-order valence-corrected chi connectivity index (χ2v) is 6.38. The van der Waals surface area contributed by atoms with Gasteiger partial charge in [0.15, 0.2) is 5.82 Å². The van der Waals surface area contributed by atoms with Crippen LogP contribution in [0, 0.1) is 11.6 Å². The molecule has 0 aliphatic heterocycles. The summed E-state index contributed by atoms with van der Waals surface area (Å²) >= 11 is 0. The number of urea groups is 1. The molecule has 6 nitrogen and oxygen atoms in total. The number of nitrogens with zero attached hydrogens (tertiary/aromatic N) is 1. The Hall–Kier alpha value is -3.16. The molecule has 148 valence electrons. The zero-order valence-electron chi connectivity index (χ0n) is 15.7. The van der Waals surface area contributed by atoms with Gasteiger partial charge >= 0.3 is 6.03 Å². The first-order chi connectivity index (χ1) is 13.5. The summed E-state index contributed by atoms with van der Waals surface area (Å²) in [5.74, 6) is -0.927. The number of nitrogens with one attached hydrogen (secondary N) is 3. The molecule has 2 aromatic heterocycles. The standard InChI is InChI=1S/C20H22F2N4O2/c1-3-4-7-23-20(27)26-17-6-5-16(21)15(18(17)22)8-12-10-24-19-14(12)9-13(28-2)11-25-19/h5-6,9-11H,3-4,7-8H2,1-2H3,(H,24,25)(H2,23,26,27). The lowest BCUT2D eigenvalue weighted by molar-refractivity contribution is 0.252. The summed E-state index contributed by atoms with van der Waals surface area (Å²) in [4.78, 5) is 19.1. The van der Waals surface area contributed by atoms with Crippen molar-refractivity contribution < 1.29 is 18.3 Å². The molecule has 0 atom stereocenters. The molecule has 28 heavy (non-hydrogen) atoms. The predicted molar refractivity (Wildman–Crippen MR) is 104 cm³/mol. The molecule has 0 aliphatic carbocycles. The van der Waals surface area contributed by atoms with E-state index in [0.717, 1.165) is 18.9 Å². The number of fused-ring (bicyclic) bond motifs is 1. The maximum absolute atomic E-state index is 14.9. The summed E-state index contributed by atoms with van der Waals surface area (Å²) in [5.41, 5.74) is 1.07. The minimum Gasteiger partial charge on any atom is -0.495 e. The zero-order valence-corrected chi connectivity index (χ0v) is 15.7. The lowest BCUT2D eigenvalue weighted by atomic mass is 10.0. The summed E-state index contributed by atoms with van der Waals surface area (Å²) < 4.78 is 34.4. The van der Waals surface area contributed by atoms with Crippen LogP contribution < -0.4 is 15.4 Å². The topological polar surface area (TPSA) is 79.0 Å². The maximum Gasteiger partial charge on any atom is 0.319 e. The number of anilines is 1. The molecule has 3 aromatic rings. The Morgan fingerprint density at radius 1 is 1.32 bits per heavy atom. The number of carbonyl (C=O) groups is 1. The molecule has 0 aliphatic rings. The Kier molecular flexibility index (Phi) is 6.08. The van der Waals surface area contributed by atoms with Crippen molar-refractivity contribution in [1.82, 2.24) is 15.3 Å². The monoisotopic (exact) mass is 388 g/mol. The van der Waals surface area contributed by atoms with Gasteiger partial charge in [-0.05, 0) is 30.2 Å². The average Bonchev–Trinajstić information content (AvgIpc) is 3.09. The number of methoxy groups -OCH3 is 1. The van der Waals surface area contributed by atoms with Crippen molar-refractivity contribution >= 4 is 22.8 Å². The molecule has 0 saturated carbocycles. The number of H-pyrrole nitrogens is 1. The van der Waals surface area contributed by atoms with Crippen molar-refractivity contribution in [2.75, 3.05) is 19.0 Å². The Morgan fingerprint density at radius 2 is 2.14 bits per heavy atom. The summed E-state index contributed by atoms with van der Waals surface area (Å²) in [7, 11) is 1.52. The minimum absolute atomic E-state index is 0.000508. The number of hydrogen-bond acceptors (Lipinski definition) is 3. The first kappa shape index (κ1) is 19.6. The third kappa shape index (κ3) is 4.21. The van der Waals surface area contributed by atoms with Gasteiger partial charge in [0.25, 0.3) is 0 Å². The first-order valence-corrected chi connectivity index (χ1v) is 9.05. The van der Waals surface area contributed by atoms with Gasteiger partial charge in [0.2, 0.25) is 0 Å². The van der Waals surface area contributed by atoms with Gasteiger partial charge in [-0.15, -0.1) is 0 Å². The van der Waals surface area contributed by atoms with Crippen LogP contribution in [0.5, 0.6) is 5.75 Å². The normalized spacial score (nSPS) is 10.9. The molecule has 0 radical (unpaired) electrons. The number of pyridine rings is 1. The highest BCUT2D eigenvalue weighted by molar-refractivity contribution is 5.89. The third-order valence-corrected chi connectivity index (χ3v) is 4.44. The summed E-state index contributed by atoms with van der Waals surface area (Å²) in [6, 6.07) is 3.60. The van der Waals surface area contributed by atoms with Crippen LogP contribution in [0.4, 0.5) is 19.3 Å². The van der Waals surface area contributed by atoms with E-state index in [1.54, 1.807) is 18.5 Å². The van der Waals surface area contributed by atoms with Crippen molar-refractivity contribution in [2.24, 2.45) is 0 Å². The Bertz CT molecular complexity index is 988. The van der Waals surface area contributed by atoms with Crippen LogP contribution in [-0.4, -0.2) is 29.7 Å². The molecule has 8 heteroatoms. The first-order valence-electron chi connectivity index (χ1n) is 9.05. The number of aromatic nitrogens is 2. The highest BCUT2D eigenvalue weighted by atomic mass is 19.1. The largest absolute Gasteiger partial charge is 0.495 e. The van der Waals surface area contributed by atoms with Crippen LogP contribution >= 0.6 is 0 Å². The van der Waals surface area contributed by atoms with Crippen molar-refractivity contribution in [3.05, 3.63) is 53.4 Å². The molecule has 0 spiro atoms. The lowest BCUT2D eigenvalue weighted by Gasteiger charge is -2.12. The molecular formula is C20H22F2N4O2. The number of benzene rings is 1. The zero-order chi connectivity index (χ0) is 20.1. The number of amides is 2. The van der Waals surface area contributed by atoms with Crippen molar-refractivity contribution in [2.45, 2.75) is 26.2 Å². The van der Waals surface area contributed by atoms with Crippen LogP contribution in [0.3, 0.4) is 0 Å². The quantitative estimate of drug-likeness (QED) is 0.526. The number of rotatable bonds is 7. The molecular weight excluding hydrogens is 366 g/mol. The van der Waals surface area contributed by atoms with Gasteiger partial charge in [0, 0.05) is 30.1 Å². The third-order valence-electron chi connectivity index (χ3n) is 4.44. The Balaban J connectivity index is 1.85. The molecule has 3 N–H and O–H groups in total. The van der Waals surface area contributed by atoms with Gasteiger partial charge in [-0.3, -0.25) is 0 Å². The molecule has 0 unspecified atom stereocenters. The number of ether oxygens (including phenoxy) is 1. The van der Waals surface area contributed by atoms with E-state index >= 15 is 0 Å². The second kappa shape index (κ2) is 8.69. The molecule has 0 saturated heterocycles. The second-order valence-electron chi connectivity index (χ2n) is 6.38. The highest BCUT2D eigenvalue weighted by Gasteiger charge is 2.18. The van der Waals surface area contributed by atoms with E-state index in [1.807, 2.05) is 6.92 Å². The van der Waals surface area contributed by atoms with Gasteiger partial charge in [-0.1, -0.05) is 13.3 Å². The molecule has 2 heterocycles. The number of halogens is 2. The van der Waals surface area contributed by atoms with E-state index in [4.69, 9.17) is 4.74 Å².